The minimum Gasteiger partial charge on any atom is -0.351 e. The molecule has 0 saturated carbocycles. The molecule has 1 atom stereocenters. The molecule has 2 rings (SSSR count). The van der Waals surface area contributed by atoms with Gasteiger partial charge in [0.1, 0.15) is 6.04 Å². The van der Waals surface area contributed by atoms with Crippen LogP contribution in [0.2, 0.25) is 0 Å². The van der Waals surface area contributed by atoms with Gasteiger partial charge in [0.25, 0.3) is 5.91 Å². The second kappa shape index (κ2) is 5.60. The fourth-order valence-electron chi connectivity index (χ4n) is 2.26. The summed E-state index contributed by atoms with van der Waals surface area (Å²) in [5.41, 5.74) is 8.90. The van der Waals surface area contributed by atoms with Gasteiger partial charge in [0.15, 0.2) is 0 Å². The molecule has 6 heteroatoms. The Hall–Kier alpha value is -2.24. The average molecular weight is 262 g/mol. The molecule has 3 N–H and O–H groups in total. The molecule has 0 spiro atoms. The third-order valence-electron chi connectivity index (χ3n) is 3.26. The van der Waals surface area contributed by atoms with E-state index in [2.05, 4.69) is 5.43 Å². The number of hydrogen-bond acceptors (Lipinski definition) is 3. The van der Waals surface area contributed by atoms with Crippen molar-refractivity contribution in [1.82, 2.24) is 10.3 Å². The second-order valence-electron chi connectivity index (χ2n) is 4.56. The summed E-state index contributed by atoms with van der Waals surface area (Å²) in [7, 11) is 1.76. The maximum absolute atomic E-state index is 12.1. The van der Waals surface area contributed by atoms with Gasteiger partial charge >= 0.3 is 6.03 Å². The highest BCUT2D eigenvalue weighted by molar-refractivity contribution is 5.88. The first-order valence-electron chi connectivity index (χ1n) is 6.25. The Balaban J connectivity index is 1.99. The van der Waals surface area contributed by atoms with Gasteiger partial charge in [-0.2, -0.15) is 0 Å². The summed E-state index contributed by atoms with van der Waals surface area (Å²) in [6.45, 7) is 0.544. The molecule has 102 valence electrons. The number of carbonyl (C=O) groups excluding carboxylic acids is 2. The van der Waals surface area contributed by atoms with Crippen LogP contribution in [0.5, 0.6) is 0 Å². The summed E-state index contributed by atoms with van der Waals surface area (Å²) in [6, 6.07) is 8.46. The van der Waals surface area contributed by atoms with Crippen molar-refractivity contribution in [3.63, 3.8) is 0 Å². The Morgan fingerprint density at radius 2 is 2.05 bits per heavy atom. The molecule has 3 amide bonds. The zero-order chi connectivity index (χ0) is 13.8. The van der Waals surface area contributed by atoms with Crippen molar-refractivity contribution in [3.8, 4) is 0 Å². The van der Waals surface area contributed by atoms with Gasteiger partial charge < -0.3 is 10.6 Å². The maximum atomic E-state index is 12.1. The quantitative estimate of drug-likeness (QED) is 0.787. The summed E-state index contributed by atoms with van der Waals surface area (Å²) in [5, 5.41) is 1.64. The van der Waals surface area contributed by atoms with Crippen molar-refractivity contribution < 1.29 is 9.59 Å². The number of urea groups is 1. The number of likely N-dealkylation sites (tertiary alicyclic amines) is 1. The molecule has 1 aromatic rings. The van der Waals surface area contributed by atoms with Crippen molar-refractivity contribution in [2.75, 3.05) is 18.6 Å². The second-order valence-corrected chi connectivity index (χ2v) is 4.56. The number of nitrogens with zero attached hydrogens (tertiary/aromatic N) is 2. The van der Waals surface area contributed by atoms with Crippen molar-refractivity contribution in [1.29, 1.82) is 0 Å². The average Bonchev–Trinajstić information content (AvgIpc) is 2.89. The summed E-state index contributed by atoms with van der Waals surface area (Å²) in [4.78, 5) is 24.8. The zero-order valence-electron chi connectivity index (χ0n) is 10.9. The van der Waals surface area contributed by atoms with Gasteiger partial charge in [-0.05, 0) is 25.0 Å². The standard InChI is InChI=1S/C13H18N4O2/c1-16(10-6-3-2-4-7-10)15-12(18)11-8-5-9-17(11)13(14)19/h2-4,6-7,11H,5,8-9H2,1H3,(H2,14,19)(H,15,18). The van der Waals surface area contributed by atoms with Crippen LogP contribution in [0, 0.1) is 0 Å². The maximum Gasteiger partial charge on any atom is 0.315 e. The number of hydrogen-bond donors (Lipinski definition) is 2. The molecule has 1 aliphatic heterocycles. The minimum atomic E-state index is -0.542. The lowest BCUT2D eigenvalue weighted by Gasteiger charge is -2.26. The SMILES string of the molecule is CN(NC(=O)C1CCCN1C(N)=O)c1ccccc1. The number of carbonyl (C=O) groups is 2. The van der Waals surface area contributed by atoms with Crippen LogP contribution in [-0.2, 0) is 4.79 Å². The van der Waals surface area contributed by atoms with E-state index in [4.69, 9.17) is 5.73 Å². The summed E-state index contributed by atoms with van der Waals surface area (Å²) in [5.74, 6) is -0.206. The third kappa shape index (κ3) is 2.96. The highest BCUT2D eigenvalue weighted by atomic mass is 16.2. The van der Waals surface area contributed by atoms with Gasteiger partial charge in [0.05, 0.1) is 5.69 Å². The fourth-order valence-corrected chi connectivity index (χ4v) is 2.26. The molecular weight excluding hydrogens is 244 g/mol. The van der Waals surface area contributed by atoms with E-state index in [1.807, 2.05) is 30.3 Å². The van der Waals surface area contributed by atoms with Crippen LogP contribution in [-0.4, -0.2) is 36.5 Å². The number of amides is 3. The number of anilines is 1. The van der Waals surface area contributed by atoms with Gasteiger partial charge in [-0.3, -0.25) is 15.2 Å². The summed E-state index contributed by atoms with van der Waals surface area (Å²) < 4.78 is 0. The highest BCUT2D eigenvalue weighted by Crippen LogP contribution is 2.17. The predicted molar refractivity (Wildman–Crippen MR) is 72.3 cm³/mol. The molecule has 1 unspecified atom stereocenters. The molecule has 0 aliphatic carbocycles. The number of hydrazine groups is 1. The largest absolute Gasteiger partial charge is 0.351 e. The van der Waals surface area contributed by atoms with Crippen LogP contribution in [0.3, 0.4) is 0 Å². The number of rotatable bonds is 3. The topological polar surface area (TPSA) is 78.7 Å². The van der Waals surface area contributed by atoms with Crippen LogP contribution >= 0.6 is 0 Å². The van der Waals surface area contributed by atoms with Gasteiger partial charge in [-0.15, -0.1) is 0 Å². The summed E-state index contributed by atoms with van der Waals surface area (Å²) in [6.07, 6.45) is 1.45. The Bertz CT molecular complexity index is 463. The molecular formula is C13H18N4O2. The first-order valence-corrected chi connectivity index (χ1v) is 6.25. The lowest BCUT2D eigenvalue weighted by atomic mass is 10.2. The van der Waals surface area contributed by atoms with E-state index in [9.17, 15) is 9.59 Å². The fraction of sp³-hybridized carbons (Fsp3) is 0.385. The normalized spacial score (nSPS) is 18.2. The van der Waals surface area contributed by atoms with E-state index in [-0.39, 0.29) is 5.91 Å². The van der Waals surface area contributed by atoms with E-state index in [0.29, 0.717) is 13.0 Å². The summed E-state index contributed by atoms with van der Waals surface area (Å²) >= 11 is 0. The third-order valence-corrected chi connectivity index (χ3v) is 3.26. The van der Waals surface area contributed by atoms with Crippen LogP contribution < -0.4 is 16.2 Å². The van der Waals surface area contributed by atoms with Crippen LogP contribution in [0.1, 0.15) is 12.8 Å². The molecule has 6 nitrogen and oxygen atoms in total. The van der Waals surface area contributed by atoms with E-state index < -0.39 is 12.1 Å². The first-order chi connectivity index (χ1) is 9.09. The van der Waals surface area contributed by atoms with Gasteiger partial charge in [0, 0.05) is 13.6 Å². The Morgan fingerprint density at radius 3 is 2.68 bits per heavy atom. The minimum absolute atomic E-state index is 0.206. The molecule has 0 bridgehead atoms. The molecule has 0 radical (unpaired) electrons. The van der Waals surface area contributed by atoms with E-state index >= 15 is 0 Å². The van der Waals surface area contributed by atoms with E-state index in [0.717, 1.165) is 12.1 Å². The molecule has 0 aromatic heterocycles. The smallest absolute Gasteiger partial charge is 0.315 e. The Labute approximate surface area is 112 Å². The number of nitrogens with two attached hydrogens (primary N) is 1. The van der Waals surface area contributed by atoms with E-state index in [1.165, 1.54) is 4.90 Å². The molecule has 1 aromatic carbocycles. The lowest BCUT2D eigenvalue weighted by Crippen LogP contribution is -2.52. The zero-order valence-corrected chi connectivity index (χ0v) is 10.9. The number of para-hydroxylation sites is 1. The van der Waals surface area contributed by atoms with Gasteiger partial charge in [-0.1, -0.05) is 18.2 Å². The highest BCUT2D eigenvalue weighted by Gasteiger charge is 2.33. The van der Waals surface area contributed by atoms with Gasteiger partial charge in [-0.25, -0.2) is 4.79 Å². The number of benzene rings is 1. The molecule has 1 aliphatic rings. The van der Waals surface area contributed by atoms with Crippen molar-refractivity contribution in [2.45, 2.75) is 18.9 Å². The number of nitrogens with one attached hydrogen (secondary N) is 1. The van der Waals surface area contributed by atoms with Gasteiger partial charge in [0.2, 0.25) is 0 Å². The number of primary amides is 1. The van der Waals surface area contributed by atoms with Crippen LogP contribution in [0.25, 0.3) is 0 Å². The molecule has 1 saturated heterocycles. The van der Waals surface area contributed by atoms with Crippen molar-refractivity contribution >= 4 is 17.6 Å². The van der Waals surface area contributed by atoms with Crippen LogP contribution in [0.15, 0.2) is 30.3 Å². The monoisotopic (exact) mass is 262 g/mol. The molecule has 19 heavy (non-hydrogen) atoms. The molecule has 1 heterocycles. The van der Waals surface area contributed by atoms with Crippen LogP contribution in [0.4, 0.5) is 10.5 Å². The predicted octanol–water partition coefficient (Wildman–Crippen LogP) is 0.697. The Morgan fingerprint density at radius 1 is 1.37 bits per heavy atom. The Kier molecular flexibility index (Phi) is 3.89. The van der Waals surface area contributed by atoms with Crippen molar-refractivity contribution in [2.24, 2.45) is 5.73 Å². The lowest BCUT2D eigenvalue weighted by molar-refractivity contribution is -0.124. The molecule has 1 fully saturated rings. The van der Waals surface area contributed by atoms with Crippen molar-refractivity contribution in [3.05, 3.63) is 30.3 Å². The first kappa shape index (κ1) is 13.2. The van der Waals surface area contributed by atoms with E-state index in [1.54, 1.807) is 12.1 Å².